The summed E-state index contributed by atoms with van der Waals surface area (Å²) in [4.78, 5) is 15.8. The van der Waals surface area contributed by atoms with Crippen molar-refractivity contribution in [1.82, 2.24) is 16.0 Å². The summed E-state index contributed by atoms with van der Waals surface area (Å²) < 4.78 is 10.9. The summed E-state index contributed by atoms with van der Waals surface area (Å²) in [5.41, 5.74) is 1.03. The molecule has 1 rings (SSSR count). The SMILES string of the molecule is CCNC(=O)COc1ccc(CNC(=NC)NCCCC(C)C)cc1OC. The highest BCUT2D eigenvalue weighted by atomic mass is 16.5. The Morgan fingerprint density at radius 1 is 1.19 bits per heavy atom. The molecule has 0 radical (unpaired) electrons. The van der Waals surface area contributed by atoms with Gasteiger partial charge in [0.25, 0.3) is 5.91 Å². The lowest BCUT2D eigenvalue weighted by Crippen LogP contribution is -2.37. The van der Waals surface area contributed by atoms with Crippen LogP contribution < -0.4 is 25.4 Å². The fourth-order valence-corrected chi connectivity index (χ4v) is 2.46. The summed E-state index contributed by atoms with van der Waals surface area (Å²) in [6.07, 6.45) is 2.31. The molecule has 0 aliphatic heterocycles. The number of hydrogen-bond donors (Lipinski definition) is 3. The topological polar surface area (TPSA) is 84.0 Å². The van der Waals surface area contributed by atoms with Gasteiger partial charge in [-0.25, -0.2) is 0 Å². The molecule has 7 heteroatoms. The number of guanidine groups is 1. The molecule has 3 N–H and O–H groups in total. The molecule has 0 atom stereocenters. The zero-order valence-corrected chi connectivity index (χ0v) is 17.2. The van der Waals surface area contributed by atoms with E-state index in [4.69, 9.17) is 9.47 Å². The Hall–Kier alpha value is -2.44. The fourth-order valence-electron chi connectivity index (χ4n) is 2.46. The van der Waals surface area contributed by atoms with E-state index in [-0.39, 0.29) is 12.5 Å². The maximum absolute atomic E-state index is 11.5. The maximum atomic E-state index is 11.5. The van der Waals surface area contributed by atoms with E-state index >= 15 is 0 Å². The van der Waals surface area contributed by atoms with Gasteiger partial charge in [0, 0.05) is 26.7 Å². The van der Waals surface area contributed by atoms with Gasteiger partial charge in [0.15, 0.2) is 24.1 Å². The Balaban J connectivity index is 2.53. The summed E-state index contributed by atoms with van der Waals surface area (Å²) in [7, 11) is 3.34. The maximum Gasteiger partial charge on any atom is 0.257 e. The number of rotatable bonds is 11. The summed E-state index contributed by atoms with van der Waals surface area (Å²) >= 11 is 0. The number of aliphatic imine (C=N–C) groups is 1. The normalized spacial score (nSPS) is 11.3. The van der Waals surface area contributed by atoms with Crippen molar-refractivity contribution < 1.29 is 14.3 Å². The van der Waals surface area contributed by atoms with Crippen LogP contribution in [0.2, 0.25) is 0 Å². The van der Waals surface area contributed by atoms with E-state index in [1.165, 1.54) is 6.42 Å². The van der Waals surface area contributed by atoms with Gasteiger partial charge in [0.05, 0.1) is 7.11 Å². The van der Waals surface area contributed by atoms with Crippen molar-refractivity contribution in [3.63, 3.8) is 0 Å². The molecule has 0 saturated carbocycles. The van der Waals surface area contributed by atoms with Gasteiger partial charge < -0.3 is 25.4 Å². The lowest BCUT2D eigenvalue weighted by Gasteiger charge is -2.14. The van der Waals surface area contributed by atoms with Gasteiger partial charge in [-0.1, -0.05) is 19.9 Å². The van der Waals surface area contributed by atoms with Crippen LogP contribution in [0.15, 0.2) is 23.2 Å². The lowest BCUT2D eigenvalue weighted by molar-refractivity contribution is -0.123. The number of ether oxygens (including phenoxy) is 2. The first-order chi connectivity index (χ1) is 13.0. The predicted octanol–water partition coefficient (Wildman–Crippen LogP) is 2.31. The summed E-state index contributed by atoms with van der Waals surface area (Å²) in [6, 6.07) is 5.65. The molecule has 7 nitrogen and oxygen atoms in total. The third kappa shape index (κ3) is 9.17. The van der Waals surface area contributed by atoms with Gasteiger partial charge in [0.2, 0.25) is 0 Å². The van der Waals surface area contributed by atoms with E-state index in [1.54, 1.807) is 14.2 Å². The van der Waals surface area contributed by atoms with Crippen LogP contribution in [0.1, 0.15) is 39.2 Å². The molecular formula is C20H34N4O3. The summed E-state index contributed by atoms with van der Waals surface area (Å²) in [6.45, 7) is 8.37. The zero-order valence-electron chi connectivity index (χ0n) is 17.2. The van der Waals surface area contributed by atoms with E-state index in [0.29, 0.717) is 30.5 Å². The van der Waals surface area contributed by atoms with Crippen LogP contribution in [-0.2, 0) is 11.3 Å². The first kappa shape index (κ1) is 22.6. The summed E-state index contributed by atoms with van der Waals surface area (Å²) in [5, 5.41) is 9.30. The number of nitrogens with zero attached hydrogens (tertiary/aromatic N) is 1. The largest absolute Gasteiger partial charge is 0.493 e. The Morgan fingerprint density at radius 3 is 2.59 bits per heavy atom. The van der Waals surface area contributed by atoms with E-state index < -0.39 is 0 Å². The number of carbonyl (C=O) groups is 1. The van der Waals surface area contributed by atoms with Crippen molar-refractivity contribution >= 4 is 11.9 Å². The second-order valence-electron chi connectivity index (χ2n) is 6.62. The predicted molar refractivity (Wildman–Crippen MR) is 109 cm³/mol. The Bertz CT molecular complexity index is 603. The molecule has 0 bridgehead atoms. The third-order valence-corrected chi connectivity index (χ3v) is 3.90. The van der Waals surface area contributed by atoms with Gasteiger partial charge in [-0.3, -0.25) is 9.79 Å². The van der Waals surface area contributed by atoms with Crippen LogP contribution in [0.5, 0.6) is 11.5 Å². The molecule has 1 aromatic rings. The number of benzene rings is 1. The Morgan fingerprint density at radius 2 is 1.96 bits per heavy atom. The quantitative estimate of drug-likeness (QED) is 0.313. The molecule has 27 heavy (non-hydrogen) atoms. The van der Waals surface area contributed by atoms with Gasteiger partial charge in [-0.2, -0.15) is 0 Å². The van der Waals surface area contributed by atoms with E-state index in [2.05, 4.69) is 34.8 Å². The molecule has 0 saturated heterocycles. The molecule has 0 aliphatic rings. The second kappa shape index (κ2) is 12.8. The summed E-state index contributed by atoms with van der Waals surface area (Å²) in [5.74, 6) is 2.47. The highest BCUT2D eigenvalue weighted by molar-refractivity contribution is 5.79. The van der Waals surface area contributed by atoms with Crippen molar-refractivity contribution in [2.24, 2.45) is 10.9 Å². The van der Waals surface area contributed by atoms with Crippen LogP contribution in [0, 0.1) is 5.92 Å². The molecule has 1 amide bonds. The number of carbonyl (C=O) groups excluding carboxylic acids is 1. The molecule has 0 unspecified atom stereocenters. The molecule has 1 aromatic carbocycles. The molecular weight excluding hydrogens is 344 g/mol. The average molecular weight is 379 g/mol. The Kier molecular flexibility index (Phi) is 10.7. The standard InChI is InChI=1S/C20H34N4O3/c1-6-22-19(25)14-27-17-10-9-16(12-18(17)26-5)13-24-20(21-4)23-11-7-8-15(2)3/h9-10,12,15H,6-8,11,13-14H2,1-5H3,(H,22,25)(H2,21,23,24). The van der Waals surface area contributed by atoms with Crippen molar-refractivity contribution in [2.75, 3.05) is 33.9 Å². The smallest absolute Gasteiger partial charge is 0.257 e. The second-order valence-corrected chi connectivity index (χ2v) is 6.62. The lowest BCUT2D eigenvalue weighted by atomic mass is 10.1. The Labute approximate surface area is 162 Å². The minimum absolute atomic E-state index is 0.0330. The monoisotopic (exact) mass is 378 g/mol. The van der Waals surface area contributed by atoms with Crippen molar-refractivity contribution in [2.45, 2.75) is 40.2 Å². The highest BCUT2D eigenvalue weighted by Crippen LogP contribution is 2.28. The number of hydrogen-bond acceptors (Lipinski definition) is 4. The van der Waals surface area contributed by atoms with Crippen LogP contribution in [0.25, 0.3) is 0 Å². The van der Waals surface area contributed by atoms with Crippen molar-refractivity contribution in [3.05, 3.63) is 23.8 Å². The fraction of sp³-hybridized carbons (Fsp3) is 0.600. The van der Waals surface area contributed by atoms with Crippen LogP contribution in [0.4, 0.5) is 0 Å². The van der Waals surface area contributed by atoms with Gasteiger partial charge >= 0.3 is 0 Å². The first-order valence-corrected chi connectivity index (χ1v) is 9.51. The molecule has 152 valence electrons. The molecule has 0 aliphatic carbocycles. The van der Waals surface area contributed by atoms with Crippen LogP contribution in [-0.4, -0.2) is 45.7 Å². The first-order valence-electron chi connectivity index (χ1n) is 9.51. The minimum Gasteiger partial charge on any atom is -0.493 e. The van der Waals surface area contributed by atoms with Crippen LogP contribution >= 0.6 is 0 Å². The van der Waals surface area contributed by atoms with Gasteiger partial charge in [-0.15, -0.1) is 0 Å². The van der Waals surface area contributed by atoms with Crippen molar-refractivity contribution in [3.8, 4) is 11.5 Å². The molecule has 0 aromatic heterocycles. The molecule has 0 spiro atoms. The number of methoxy groups -OCH3 is 1. The zero-order chi connectivity index (χ0) is 20.1. The van der Waals surface area contributed by atoms with E-state index in [9.17, 15) is 4.79 Å². The number of amides is 1. The highest BCUT2D eigenvalue weighted by Gasteiger charge is 2.09. The van der Waals surface area contributed by atoms with Gasteiger partial charge in [-0.05, 0) is 43.4 Å². The minimum atomic E-state index is -0.155. The average Bonchev–Trinajstić information content (AvgIpc) is 2.66. The third-order valence-electron chi connectivity index (χ3n) is 3.90. The molecule has 0 heterocycles. The van der Waals surface area contributed by atoms with Crippen LogP contribution in [0.3, 0.4) is 0 Å². The van der Waals surface area contributed by atoms with Gasteiger partial charge in [0.1, 0.15) is 0 Å². The molecule has 0 fully saturated rings. The number of likely N-dealkylation sites (N-methyl/N-ethyl adjacent to an activating group) is 1. The van der Waals surface area contributed by atoms with E-state index in [0.717, 1.165) is 24.5 Å². The van der Waals surface area contributed by atoms with E-state index in [1.807, 2.05) is 25.1 Å². The van der Waals surface area contributed by atoms with Crippen molar-refractivity contribution in [1.29, 1.82) is 0 Å². The number of nitrogens with one attached hydrogen (secondary N) is 3.